The van der Waals surface area contributed by atoms with Crippen molar-refractivity contribution in [2.24, 2.45) is 23.5 Å². The van der Waals surface area contributed by atoms with Gasteiger partial charge in [0.1, 0.15) is 18.8 Å². The van der Waals surface area contributed by atoms with Crippen LogP contribution in [0, 0.1) is 17.8 Å². The second-order valence-corrected chi connectivity index (χ2v) is 9.24. The Morgan fingerprint density at radius 2 is 1.25 bits per heavy atom. The number of hydrogen-bond donors (Lipinski definition) is 1. The van der Waals surface area contributed by atoms with Crippen molar-refractivity contribution in [3.05, 3.63) is 23.8 Å². The van der Waals surface area contributed by atoms with Crippen molar-refractivity contribution >= 4 is 23.9 Å². The van der Waals surface area contributed by atoms with Gasteiger partial charge in [0.15, 0.2) is 11.5 Å². The minimum absolute atomic E-state index is 0.0839. The minimum atomic E-state index is -1.01. The zero-order chi connectivity index (χ0) is 27.4. The molecule has 0 aliphatic heterocycles. The summed E-state index contributed by atoms with van der Waals surface area (Å²) in [6.45, 7) is 12.4. The van der Waals surface area contributed by atoms with Crippen LogP contribution in [0.4, 0.5) is 0 Å². The summed E-state index contributed by atoms with van der Waals surface area (Å²) in [5.41, 5.74) is 6.62. The van der Waals surface area contributed by atoms with E-state index in [1.807, 2.05) is 20.8 Å². The van der Waals surface area contributed by atoms with Crippen LogP contribution >= 0.6 is 0 Å². The molecule has 0 spiro atoms. The maximum absolute atomic E-state index is 12.4. The van der Waals surface area contributed by atoms with E-state index in [2.05, 4.69) is 0 Å². The summed E-state index contributed by atoms with van der Waals surface area (Å²) in [7, 11) is 0. The van der Waals surface area contributed by atoms with Crippen molar-refractivity contribution in [3.8, 4) is 11.5 Å². The normalized spacial score (nSPS) is 15.1. The molecule has 0 bridgehead atoms. The SMILES string of the molecule is CCC(C)C(=O)Oc1ccc(C[C@H](N)C(=O)OC[C@H](C)OC(=O)C(C)CC)cc1OC(=O)C(C)CC. The van der Waals surface area contributed by atoms with E-state index in [1.54, 1.807) is 33.8 Å². The van der Waals surface area contributed by atoms with E-state index in [1.165, 1.54) is 12.1 Å². The van der Waals surface area contributed by atoms with E-state index in [4.69, 9.17) is 24.7 Å². The van der Waals surface area contributed by atoms with Crippen LogP contribution in [0.25, 0.3) is 0 Å². The Labute approximate surface area is 214 Å². The summed E-state index contributed by atoms with van der Waals surface area (Å²) in [4.78, 5) is 49.0. The summed E-state index contributed by atoms with van der Waals surface area (Å²) in [5, 5.41) is 0. The first kappa shape index (κ1) is 31.1. The molecule has 1 rings (SSSR count). The lowest BCUT2D eigenvalue weighted by atomic mass is 10.1. The van der Waals surface area contributed by atoms with E-state index < -0.39 is 30.1 Å². The first-order valence-corrected chi connectivity index (χ1v) is 12.6. The fourth-order valence-electron chi connectivity index (χ4n) is 2.75. The van der Waals surface area contributed by atoms with Gasteiger partial charge in [0.25, 0.3) is 0 Å². The number of ether oxygens (including phenoxy) is 4. The Hall–Kier alpha value is -2.94. The topological polar surface area (TPSA) is 131 Å². The number of benzene rings is 1. The molecule has 1 aromatic carbocycles. The quantitative estimate of drug-likeness (QED) is 0.293. The summed E-state index contributed by atoms with van der Waals surface area (Å²) >= 11 is 0. The van der Waals surface area contributed by atoms with Gasteiger partial charge in [-0.05, 0) is 50.3 Å². The van der Waals surface area contributed by atoms with Gasteiger partial charge in [-0.2, -0.15) is 0 Å². The van der Waals surface area contributed by atoms with Gasteiger partial charge < -0.3 is 24.7 Å². The molecule has 9 nitrogen and oxygen atoms in total. The van der Waals surface area contributed by atoms with Crippen molar-refractivity contribution in [1.82, 2.24) is 0 Å². The van der Waals surface area contributed by atoms with E-state index in [0.29, 0.717) is 24.8 Å². The van der Waals surface area contributed by atoms with Crippen LogP contribution in [0.2, 0.25) is 0 Å². The predicted octanol–water partition coefficient (Wildman–Crippen LogP) is 3.98. The van der Waals surface area contributed by atoms with E-state index >= 15 is 0 Å². The molecule has 0 saturated heterocycles. The number of nitrogens with two attached hydrogens (primary N) is 1. The minimum Gasteiger partial charge on any atom is -0.461 e. The average Bonchev–Trinajstić information content (AvgIpc) is 2.86. The molecule has 36 heavy (non-hydrogen) atoms. The third-order valence-corrected chi connectivity index (χ3v) is 6.01. The van der Waals surface area contributed by atoms with Crippen molar-refractivity contribution in [3.63, 3.8) is 0 Å². The molecular formula is C27H41NO8. The second kappa shape index (κ2) is 15.2. The molecule has 0 amide bonds. The lowest BCUT2D eigenvalue weighted by Crippen LogP contribution is -2.36. The third-order valence-electron chi connectivity index (χ3n) is 6.01. The maximum atomic E-state index is 12.4. The molecule has 0 fully saturated rings. The fourth-order valence-corrected chi connectivity index (χ4v) is 2.75. The highest BCUT2D eigenvalue weighted by molar-refractivity contribution is 5.79. The van der Waals surface area contributed by atoms with Crippen molar-refractivity contribution in [2.45, 2.75) is 86.3 Å². The Bertz CT molecular complexity index is 900. The Morgan fingerprint density at radius 3 is 1.78 bits per heavy atom. The van der Waals surface area contributed by atoms with Gasteiger partial charge in [-0.3, -0.25) is 19.2 Å². The van der Waals surface area contributed by atoms with Crippen LogP contribution < -0.4 is 15.2 Å². The highest BCUT2D eigenvalue weighted by Gasteiger charge is 2.23. The number of rotatable bonds is 14. The molecule has 0 aliphatic rings. The summed E-state index contributed by atoms with van der Waals surface area (Å²) in [5.74, 6) is -2.60. The first-order valence-electron chi connectivity index (χ1n) is 12.6. The molecule has 3 unspecified atom stereocenters. The molecule has 0 radical (unpaired) electrons. The zero-order valence-electron chi connectivity index (χ0n) is 22.5. The van der Waals surface area contributed by atoms with E-state index in [-0.39, 0.29) is 48.2 Å². The van der Waals surface area contributed by atoms with Gasteiger partial charge in [-0.25, -0.2) is 0 Å². The monoisotopic (exact) mass is 507 g/mol. The molecule has 1 aromatic rings. The van der Waals surface area contributed by atoms with Crippen LogP contribution in [0.5, 0.6) is 11.5 Å². The Morgan fingerprint density at radius 1 is 0.750 bits per heavy atom. The summed E-state index contributed by atoms with van der Waals surface area (Å²) < 4.78 is 21.4. The number of carbonyl (C=O) groups excluding carboxylic acids is 4. The molecule has 2 N–H and O–H groups in total. The van der Waals surface area contributed by atoms with Crippen LogP contribution in [-0.4, -0.2) is 42.6 Å². The first-order chi connectivity index (χ1) is 16.9. The lowest BCUT2D eigenvalue weighted by molar-refractivity contribution is -0.161. The molecule has 0 heterocycles. The smallest absolute Gasteiger partial charge is 0.323 e. The molecular weight excluding hydrogens is 466 g/mol. The van der Waals surface area contributed by atoms with Gasteiger partial charge >= 0.3 is 23.9 Å². The maximum Gasteiger partial charge on any atom is 0.323 e. The molecule has 202 valence electrons. The van der Waals surface area contributed by atoms with Crippen LogP contribution in [0.3, 0.4) is 0 Å². The fraction of sp³-hybridized carbons (Fsp3) is 0.630. The van der Waals surface area contributed by atoms with Crippen LogP contribution in [-0.2, 0) is 35.1 Å². The second-order valence-electron chi connectivity index (χ2n) is 9.24. The van der Waals surface area contributed by atoms with Gasteiger partial charge in [-0.15, -0.1) is 0 Å². The van der Waals surface area contributed by atoms with Crippen molar-refractivity contribution < 1.29 is 38.1 Å². The average molecular weight is 508 g/mol. The van der Waals surface area contributed by atoms with Gasteiger partial charge in [0.05, 0.1) is 17.8 Å². The Balaban J connectivity index is 2.90. The number of carbonyl (C=O) groups is 4. The summed E-state index contributed by atoms with van der Waals surface area (Å²) in [6.07, 6.45) is 1.33. The third kappa shape index (κ3) is 9.97. The van der Waals surface area contributed by atoms with Gasteiger partial charge in [-0.1, -0.05) is 47.6 Å². The summed E-state index contributed by atoms with van der Waals surface area (Å²) in [6, 6.07) is 3.69. The Kier molecular flexibility index (Phi) is 13.2. The van der Waals surface area contributed by atoms with Crippen molar-refractivity contribution in [1.29, 1.82) is 0 Å². The predicted molar refractivity (Wildman–Crippen MR) is 134 cm³/mol. The molecule has 0 aliphatic carbocycles. The molecule has 0 saturated carbocycles. The van der Waals surface area contributed by atoms with Gasteiger partial charge in [0, 0.05) is 0 Å². The van der Waals surface area contributed by atoms with Gasteiger partial charge in [0.2, 0.25) is 0 Å². The standard InChI is InChI=1S/C27H41NO8/c1-8-16(4)24(29)34-19(7)15-33-27(32)21(28)13-20-11-12-22(35-25(30)17(5)9-2)23(14-20)36-26(31)18(6)10-3/h11-12,14,16-19,21H,8-10,13,15,28H2,1-7H3/t16?,17?,18?,19-,21-/m0/s1. The molecule has 9 heteroatoms. The van der Waals surface area contributed by atoms with Crippen LogP contribution in [0.15, 0.2) is 18.2 Å². The highest BCUT2D eigenvalue weighted by atomic mass is 16.6. The zero-order valence-corrected chi connectivity index (χ0v) is 22.5. The number of esters is 4. The largest absolute Gasteiger partial charge is 0.461 e. The van der Waals surface area contributed by atoms with Crippen molar-refractivity contribution in [2.75, 3.05) is 6.61 Å². The van der Waals surface area contributed by atoms with Crippen LogP contribution in [0.1, 0.15) is 73.3 Å². The van der Waals surface area contributed by atoms with E-state index in [9.17, 15) is 19.2 Å². The molecule has 0 aromatic heterocycles. The molecule has 5 atom stereocenters. The van der Waals surface area contributed by atoms with E-state index in [0.717, 1.165) is 0 Å². The lowest BCUT2D eigenvalue weighted by Gasteiger charge is -2.18. The number of hydrogen-bond acceptors (Lipinski definition) is 9. The highest BCUT2D eigenvalue weighted by Crippen LogP contribution is 2.31.